The molecule has 3 nitrogen and oxygen atoms in total. The molecule has 1 aromatic heterocycles. The van der Waals surface area contributed by atoms with E-state index in [4.69, 9.17) is 9.47 Å². The molecule has 0 spiro atoms. The summed E-state index contributed by atoms with van der Waals surface area (Å²) in [4.78, 5) is 3.32. The summed E-state index contributed by atoms with van der Waals surface area (Å²) in [6, 6.07) is 28.3. The summed E-state index contributed by atoms with van der Waals surface area (Å²) < 4.78 is 12.1. The number of ether oxygens (including phenoxy) is 2. The number of hydrogen-bond donors (Lipinski definition) is 1. The normalized spacial score (nSPS) is 10.7. The van der Waals surface area contributed by atoms with Crippen molar-refractivity contribution in [2.24, 2.45) is 0 Å². The van der Waals surface area contributed by atoms with E-state index in [1.54, 1.807) is 0 Å². The Balaban J connectivity index is 1.59. The Hall–Kier alpha value is -3.20. The number of H-pyrrole nitrogens is 1. The molecule has 0 aliphatic heterocycles. The number of rotatable bonds is 6. The summed E-state index contributed by atoms with van der Waals surface area (Å²) in [7, 11) is 0. The molecule has 0 bridgehead atoms. The second-order valence-corrected chi connectivity index (χ2v) is 5.88. The van der Waals surface area contributed by atoms with Crippen LogP contribution in [-0.2, 0) is 13.2 Å². The first-order chi connectivity index (χ1) is 12.4. The van der Waals surface area contributed by atoms with E-state index in [0.717, 1.165) is 27.8 Å². The summed E-state index contributed by atoms with van der Waals surface area (Å²) in [5, 5.41) is 1.03. The highest BCUT2D eigenvalue weighted by atomic mass is 16.5. The zero-order chi connectivity index (χ0) is 16.9. The zero-order valence-electron chi connectivity index (χ0n) is 13.8. The highest BCUT2D eigenvalue weighted by molar-refractivity contribution is 5.89. The van der Waals surface area contributed by atoms with Crippen molar-refractivity contribution in [2.75, 3.05) is 0 Å². The van der Waals surface area contributed by atoms with Gasteiger partial charge in [0.25, 0.3) is 0 Å². The molecule has 0 amide bonds. The van der Waals surface area contributed by atoms with Gasteiger partial charge in [-0.25, -0.2) is 0 Å². The Morgan fingerprint density at radius 2 is 1.16 bits per heavy atom. The molecule has 3 aromatic carbocycles. The molecular formula is C22H19NO2. The molecule has 0 aliphatic rings. The van der Waals surface area contributed by atoms with Gasteiger partial charge >= 0.3 is 0 Å². The van der Waals surface area contributed by atoms with Crippen LogP contribution in [0, 0.1) is 0 Å². The first kappa shape index (κ1) is 15.3. The second-order valence-electron chi connectivity index (χ2n) is 5.88. The molecule has 0 saturated carbocycles. The van der Waals surface area contributed by atoms with E-state index in [9.17, 15) is 0 Å². The Kier molecular flexibility index (Phi) is 4.38. The molecule has 0 unspecified atom stereocenters. The molecule has 0 saturated heterocycles. The number of aromatic amines is 1. The van der Waals surface area contributed by atoms with Crippen molar-refractivity contribution in [1.82, 2.24) is 4.98 Å². The van der Waals surface area contributed by atoms with E-state index in [1.807, 2.05) is 72.8 Å². The van der Waals surface area contributed by atoms with Gasteiger partial charge in [-0.3, -0.25) is 0 Å². The topological polar surface area (TPSA) is 34.2 Å². The van der Waals surface area contributed by atoms with Crippen molar-refractivity contribution in [3.63, 3.8) is 0 Å². The van der Waals surface area contributed by atoms with Gasteiger partial charge in [0, 0.05) is 5.39 Å². The van der Waals surface area contributed by atoms with Crippen LogP contribution >= 0.6 is 0 Å². The second kappa shape index (κ2) is 7.14. The van der Waals surface area contributed by atoms with E-state index >= 15 is 0 Å². The Morgan fingerprint density at radius 3 is 1.84 bits per heavy atom. The maximum Gasteiger partial charge on any atom is 0.236 e. The minimum atomic E-state index is 0.495. The van der Waals surface area contributed by atoms with Gasteiger partial charge in [0.15, 0.2) is 5.75 Å². The van der Waals surface area contributed by atoms with Crippen LogP contribution in [0.3, 0.4) is 0 Å². The van der Waals surface area contributed by atoms with Crippen molar-refractivity contribution >= 4 is 10.9 Å². The smallest absolute Gasteiger partial charge is 0.236 e. The van der Waals surface area contributed by atoms with Gasteiger partial charge in [-0.05, 0) is 23.3 Å². The fraction of sp³-hybridized carbons (Fsp3) is 0.0909. The third kappa shape index (κ3) is 3.50. The lowest BCUT2D eigenvalue weighted by atomic mass is 10.2. The van der Waals surface area contributed by atoms with Crippen molar-refractivity contribution in [3.05, 3.63) is 96.1 Å². The van der Waals surface area contributed by atoms with Crippen LogP contribution in [0.4, 0.5) is 0 Å². The molecule has 1 heterocycles. The average Bonchev–Trinajstić information content (AvgIpc) is 3.04. The van der Waals surface area contributed by atoms with Gasteiger partial charge in [0.2, 0.25) is 5.88 Å². The molecule has 0 aliphatic carbocycles. The summed E-state index contributed by atoms with van der Waals surface area (Å²) in [5.41, 5.74) is 3.26. The predicted molar refractivity (Wildman–Crippen MR) is 99.8 cm³/mol. The number of benzene rings is 3. The summed E-state index contributed by atoms with van der Waals surface area (Å²) >= 11 is 0. The Morgan fingerprint density at radius 1 is 0.600 bits per heavy atom. The molecule has 25 heavy (non-hydrogen) atoms. The van der Waals surface area contributed by atoms with Crippen molar-refractivity contribution < 1.29 is 9.47 Å². The van der Waals surface area contributed by atoms with Gasteiger partial charge in [0.1, 0.15) is 13.2 Å². The number of hydrogen-bond acceptors (Lipinski definition) is 2. The Bertz CT molecular complexity index is 946. The van der Waals surface area contributed by atoms with Gasteiger partial charge in [-0.2, -0.15) is 0 Å². The van der Waals surface area contributed by atoms with Gasteiger partial charge < -0.3 is 14.5 Å². The minimum absolute atomic E-state index is 0.495. The lowest BCUT2D eigenvalue weighted by Gasteiger charge is -2.09. The van der Waals surface area contributed by atoms with E-state index in [-0.39, 0.29) is 0 Å². The van der Waals surface area contributed by atoms with E-state index in [1.165, 1.54) is 0 Å². The minimum Gasteiger partial charge on any atom is -0.483 e. The lowest BCUT2D eigenvalue weighted by molar-refractivity contribution is 0.253. The van der Waals surface area contributed by atoms with Crippen LogP contribution in [-0.4, -0.2) is 4.98 Å². The summed E-state index contributed by atoms with van der Waals surface area (Å²) in [5.74, 6) is 1.43. The molecule has 124 valence electrons. The third-order valence-corrected chi connectivity index (χ3v) is 4.08. The van der Waals surface area contributed by atoms with Crippen LogP contribution in [0.5, 0.6) is 11.6 Å². The van der Waals surface area contributed by atoms with Crippen LogP contribution in [0.2, 0.25) is 0 Å². The fourth-order valence-electron chi connectivity index (χ4n) is 2.80. The van der Waals surface area contributed by atoms with Gasteiger partial charge in [-0.1, -0.05) is 72.8 Å². The zero-order valence-corrected chi connectivity index (χ0v) is 13.8. The molecule has 4 rings (SSSR count). The van der Waals surface area contributed by atoms with Crippen LogP contribution in [0.15, 0.2) is 84.9 Å². The molecule has 3 heteroatoms. The maximum atomic E-state index is 6.11. The average molecular weight is 329 g/mol. The van der Waals surface area contributed by atoms with Crippen molar-refractivity contribution in [3.8, 4) is 11.6 Å². The first-order valence-corrected chi connectivity index (χ1v) is 8.34. The standard InChI is InChI=1S/C22H19NO2/c1-3-9-17(10-4-1)15-24-21-19-13-7-8-14-20(19)23-22(21)25-16-18-11-5-2-6-12-18/h1-14,23H,15-16H2. The van der Waals surface area contributed by atoms with E-state index in [2.05, 4.69) is 17.1 Å². The quantitative estimate of drug-likeness (QED) is 0.519. The molecule has 4 aromatic rings. The van der Waals surface area contributed by atoms with E-state index in [0.29, 0.717) is 19.1 Å². The molecule has 0 atom stereocenters. The predicted octanol–water partition coefficient (Wildman–Crippen LogP) is 5.33. The highest BCUT2D eigenvalue weighted by Crippen LogP contribution is 2.36. The van der Waals surface area contributed by atoms with E-state index < -0.39 is 0 Å². The Labute approximate surface area is 146 Å². The van der Waals surface area contributed by atoms with Crippen LogP contribution in [0.25, 0.3) is 10.9 Å². The third-order valence-electron chi connectivity index (χ3n) is 4.08. The van der Waals surface area contributed by atoms with Crippen molar-refractivity contribution in [2.45, 2.75) is 13.2 Å². The van der Waals surface area contributed by atoms with Crippen LogP contribution < -0.4 is 9.47 Å². The molecule has 0 fully saturated rings. The molecule has 0 radical (unpaired) electrons. The van der Waals surface area contributed by atoms with Gasteiger partial charge in [-0.15, -0.1) is 0 Å². The SMILES string of the molecule is c1ccc(COc2[nH]c3ccccc3c2OCc2ccccc2)cc1. The monoisotopic (exact) mass is 329 g/mol. The van der Waals surface area contributed by atoms with Crippen molar-refractivity contribution in [1.29, 1.82) is 0 Å². The highest BCUT2D eigenvalue weighted by Gasteiger charge is 2.14. The number of aromatic nitrogens is 1. The molecule has 1 N–H and O–H groups in total. The lowest BCUT2D eigenvalue weighted by Crippen LogP contribution is -1.99. The first-order valence-electron chi connectivity index (χ1n) is 8.34. The maximum absolute atomic E-state index is 6.11. The number of fused-ring (bicyclic) bond motifs is 1. The molecular weight excluding hydrogens is 310 g/mol. The number of para-hydroxylation sites is 1. The van der Waals surface area contributed by atoms with Crippen LogP contribution in [0.1, 0.15) is 11.1 Å². The summed E-state index contributed by atoms with van der Waals surface area (Å²) in [6.45, 7) is 1.000. The summed E-state index contributed by atoms with van der Waals surface area (Å²) in [6.07, 6.45) is 0. The van der Waals surface area contributed by atoms with Gasteiger partial charge in [0.05, 0.1) is 5.52 Å². The number of nitrogens with one attached hydrogen (secondary N) is 1. The fourth-order valence-corrected chi connectivity index (χ4v) is 2.80. The largest absolute Gasteiger partial charge is 0.483 e.